The van der Waals surface area contributed by atoms with Crippen molar-refractivity contribution in [1.82, 2.24) is 16.0 Å². The van der Waals surface area contributed by atoms with Crippen molar-refractivity contribution >= 4 is 35.6 Å². The Labute approximate surface area is 178 Å². The summed E-state index contributed by atoms with van der Waals surface area (Å²) < 4.78 is 0. The molecule has 0 radical (unpaired) electrons. The monoisotopic (exact) mass is 446 g/mol. The summed E-state index contributed by atoms with van der Waals surface area (Å²) in [4.78, 5) is 68.2. The van der Waals surface area contributed by atoms with Crippen molar-refractivity contribution in [2.24, 2.45) is 5.73 Å². The van der Waals surface area contributed by atoms with E-state index in [1.807, 2.05) is 0 Å². The van der Waals surface area contributed by atoms with Gasteiger partial charge in [0.25, 0.3) is 0 Å². The number of hydrogen-bond acceptors (Lipinski definition) is 7. The number of aliphatic carboxylic acids is 3. The van der Waals surface area contributed by atoms with E-state index in [0.29, 0.717) is 12.8 Å². The van der Waals surface area contributed by atoms with Gasteiger partial charge in [-0.05, 0) is 32.6 Å². The quantitative estimate of drug-likeness (QED) is 0.134. The maximum absolute atomic E-state index is 12.4. The predicted octanol–water partition coefficient (Wildman–Crippen LogP) is -1.60. The fourth-order valence-corrected chi connectivity index (χ4v) is 2.38. The third kappa shape index (κ3) is 13.6. The van der Waals surface area contributed by atoms with Gasteiger partial charge in [-0.2, -0.15) is 0 Å². The van der Waals surface area contributed by atoms with Crippen molar-refractivity contribution in [3.05, 3.63) is 0 Å². The van der Waals surface area contributed by atoms with E-state index in [4.69, 9.17) is 21.1 Å². The van der Waals surface area contributed by atoms with Gasteiger partial charge in [0.1, 0.15) is 18.1 Å². The molecule has 0 saturated heterocycles. The molecule has 0 saturated carbocycles. The fraction of sp³-hybridized carbons (Fsp3) is 0.667. The molecule has 31 heavy (non-hydrogen) atoms. The molecule has 176 valence electrons. The van der Waals surface area contributed by atoms with Gasteiger partial charge in [0, 0.05) is 19.4 Å². The third-order valence-corrected chi connectivity index (χ3v) is 4.17. The van der Waals surface area contributed by atoms with E-state index in [9.17, 15) is 28.8 Å². The number of amides is 3. The van der Waals surface area contributed by atoms with Gasteiger partial charge in [-0.25, -0.2) is 0 Å². The van der Waals surface area contributed by atoms with E-state index in [1.165, 1.54) is 6.92 Å². The van der Waals surface area contributed by atoms with Crippen LogP contribution in [0.15, 0.2) is 0 Å². The molecule has 8 N–H and O–H groups in total. The highest BCUT2D eigenvalue weighted by molar-refractivity contribution is 5.92. The second kappa shape index (κ2) is 14.7. The minimum Gasteiger partial charge on any atom is -0.481 e. The molecule has 0 aliphatic carbocycles. The topological polar surface area (TPSA) is 225 Å². The Morgan fingerprint density at radius 1 is 0.806 bits per heavy atom. The highest BCUT2D eigenvalue weighted by atomic mass is 16.4. The van der Waals surface area contributed by atoms with Crippen molar-refractivity contribution in [3.63, 3.8) is 0 Å². The van der Waals surface area contributed by atoms with Gasteiger partial charge in [-0.1, -0.05) is 0 Å². The Kier molecular flexibility index (Phi) is 13.2. The molecule has 0 aromatic carbocycles. The number of nitrogens with two attached hydrogens (primary N) is 1. The van der Waals surface area contributed by atoms with E-state index in [1.54, 1.807) is 0 Å². The van der Waals surface area contributed by atoms with Crippen LogP contribution in [0.25, 0.3) is 0 Å². The van der Waals surface area contributed by atoms with Crippen LogP contribution in [0.5, 0.6) is 0 Å². The maximum Gasteiger partial charge on any atom is 0.320 e. The lowest BCUT2D eigenvalue weighted by atomic mass is 10.1. The summed E-state index contributed by atoms with van der Waals surface area (Å²) >= 11 is 0. The van der Waals surface area contributed by atoms with Crippen LogP contribution in [-0.2, 0) is 28.8 Å². The molecule has 0 rings (SSSR count). The highest BCUT2D eigenvalue weighted by Gasteiger charge is 2.25. The Bertz CT molecular complexity index is 668. The van der Waals surface area contributed by atoms with Crippen LogP contribution in [0.1, 0.15) is 51.9 Å². The van der Waals surface area contributed by atoms with Gasteiger partial charge in [0.05, 0.1) is 6.42 Å². The average molecular weight is 446 g/mol. The molecule has 0 heterocycles. The maximum atomic E-state index is 12.4. The van der Waals surface area contributed by atoms with Crippen LogP contribution in [0, 0.1) is 0 Å². The predicted molar refractivity (Wildman–Crippen MR) is 106 cm³/mol. The Hall–Kier alpha value is -3.22. The van der Waals surface area contributed by atoms with E-state index in [0.717, 1.165) is 0 Å². The summed E-state index contributed by atoms with van der Waals surface area (Å²) in [6.45, 7) is 1.63. The zero-order chi connectivity index (χ0) is 24.0. The van der Waals surface area contributed by atoms with E-state index in [-0.39, 0.29) is 25.8 Å². The molecule has 0 aliphatic heterocycles. The van der Waals surface area contributed by atoms with Gasteiger partial charge in [0.2, 0.25) is 17.7 Å². The number of hydrogen-bond donors (Lipinski definition) is 7. The standard InChI is InChI=1S/C18H30N4O9/c1-10(16(28)20-9-3-2-4-11(19)18(30)31)21-17(29)12(5-7-14(24)25)22-13(23)6-8-15(26)27/h10-12H,2-9,19H2,1H3,(H,20,28)(H,21,29)(H,22,23)(H,24,25)(H,26,27)(H,30,31)/t10-,11+,12+/m1/s1. The molecule has 0 aromatic heterocycles. The lowest BCUT2D eigenvalue weighted by molar-refractivity contribution is -0.139. The lowest BCUT2D eigenvalue weighted by Gasteiger charge is -2.20. The minimum absolute atomic E-state index is 0.236. The molecule has 0 bridgehead atoms. The Balaban J connectivity index is 4.57. The van der Waals surface area contributed by atoms with Gasteiger partial charge >= 0.3 is 17.9 Å². The molecule has 3 amide bonds. The van der Waals surface area contributed by atoms with Gasteiger partial charge in [0.15, 0.2) is 0 Å². The molecule has 0 fully saturated rings. The molecular weight excluding hydrogens is 416 g/mol. The summed E-state index contributed by atoms with van der Waals surface area (Å²) in [6, 6.07) is -3.20. The number of carboxylic acid groups (broad SMARTS) is 3. The van der Waals surface area contributed by atoms with Crippen LogP contribution in [-0.4, -0.2) is 75.6 Å². The number of carboxylic acids is 3. The first-order valence-electron chi connectivity index (χ1n) is 9.73. The van der Waals surface area contributed by atoms with Crippen molar-refractivity contribution in [3.8, 4) is 0 Å². The first kappa shape index (κ1) is 27.8. The first-order valence-corrected chi connectivity index (χ1v) is 9.73. The smallest absolute Gasteiger partial charge is 0.320 e. The highest BCUT2D eigenvalue weighted by Crippen LogP contribution is 2.02. The van der Waals surface area contributed by atoms with Gasteiger partial charge in [-0.15, -0.1) is 0 Å². The van der Waals surface area contributed by atoms with Crippen LogP contribution in [0.2, 0.25) is 0 Å². The van der Waals surface area contributed by atoms with Crippen molar-refractivity contribution in [1.29, 1.82) is 0 Å². The molecule has 3 atom stereocenters. The lowest BCUT2D eigenvalue weighted by Crippen LogP contribution is -2.53. The molecule has 13 heteroatoms. The van der Waals surface area contributed by atoms with Crippen LogP contribution in [0.3, 0.4) is 0 Å². The number of carbonyl (C=O) groups excluding carboxylic acids is 3. The largest absolute Gasteiger partial charge is 0.481 e. The number of carbonyl (C=O) groups is 6. The second-order valence-corrected chi connectivity index (χ2v) is 6.91. The van der Waals surface area contributed by atoms with E-state index >= 15 is 0 Å². The molecule has 0 aromatic rings. The van der Waals surface area contributed by atoms with Gasteiger partial charge < -0.3 is 37.0 Å². The van der Waals surface area contributed by atoms with E-state index < -0.39 is 66.6 Å². The molecule has 0 unspecified atom stereocenters. The fourth-order valence-electron chi connectivity index (χ4n) is 2.38. The molecule has 0 aliphatic rings. The SMILES string of the molecule is C[C@@H](NC(=O)[C@H](CCC(=O)O)NC(=O)CCC(=O)O)C(=O)NCCCC[C@H](N)C(=O)O. The van der Waals surface area contributed by atoms with E-state index in [2.05, 4.69) is 16.0 Å². The Morgan fingerprint density at radius 3 is 1.97 bits per heavy atom. The Morgan fingerprint density at radius 2 is 1.42 bits per heavy atom. The third-order valence-electron chi connectivity index (χ3n) is 4.17. The van der Waals surface area contributed by atoms with Crippen LogP contribution < -0.4 is 21.7 Å². The summed E-state index contributed by atoms with van der Waals surface area (Å²) in [6.07, 6.45) is -0.274. The zero-order valence-corrected chi connectivity index (χ0v) is 17.3. The number of nitrogens with one attached hydrogen (secondary N) is 3. The van der Waals surface area contributed by atoms with Crippen molar-refractivity contribution in [2.75, 3.05) is 6.54 Å². The molecular formula is C18H30N4O9. The molecule has 13 nitrogen and oxygen atoms in total. The van der Waals surface area contributed by atoms with Crippen LogP contribution >= 0.6 is 0 Å². The summed E-state index contributed by atoms with van der Waals surface area (Å²) in [5, 5.41) is 33.3. The summed E-state index contributed by atoms with van der Waals surface area (Å²) in [7, 11) is 0. The summed E-state index contributed by atoms with van der Waals surface area (Å²) in [5.41, 5.74) is 5.37. The number of rotatable bonds is 16. The minimum atomic E-state index is -1.25. The average Bonchev–Trinajstić information content (AvgIpc) is 2.68. The molecule has 0 spiro atoms. The number of unbranched alkanes of at least 4 members (excludes halogenated alkanes) is 1. The van der Waals surface area contributed by atoms with Crippen molar-refractivity contribution in [2.45, 2.75) is 70.0 Å². The summed E-state index contributed by atoms with van der Waals surface area (Å²) in [5.74, 6) is -5.52. The normalized spacial score (nSPS) is 13.4. The van der Waals surface area contributed by atoms with Crippen LogP contribution in [0.4, 0.5) is 0 Å². The van der Waals surface area contributed by atoms with Gasteiger partial charge in [-0.3, -0.25) is 28.8 Å². The first-order chi connectivity index (χ1) is 14.4. The zero-order valence-electron chi connectivity index (χ0n) is 17.3. The second-order valence-electron chi connectivity index (χ2n) is 6.91. The van der Waals surface area contributed by atoms with Crippen molar-refractivity contribution < 1.29 is 44.1 Å².